The van der Waals surface area contributed by atoms with Gasteiger partial charge in [0.2, 0.25) is 11.8 Å². The second kappa shape index (κ2) is 9.98. The zero-order valence-electron chi connectivity index (χ0n) is 16.8. The van der Waals surface area contributed by atoms with E-state index in [-0.39, 0.29) is 0 Å². The molecule has 8 nitrogen and oxygen atoms in total. The van der Waals surface area contributed by atoms with Crippen molar-refractivity contribution < 1.29 is 14.2 Å². The van der Waals surface area contributed by atoms with Crippen LogP contribution in [0.15, 0.2) is 24.3 Å². The monoisotopic (exact) mass is 387 g/mol. The summed E-state index contributed by atoms with van der Waals surface area (Å²) in [7, 11) is 5.02. The van der Waals surface area contributed by atoms with E-state index in [9.17, 15) is 0 Å². The van der Waals surface area contributed by atoms with Gasteiger partial charge in [-0.25, -0.2) is 0 Å². The molecule has 152 valence electrons. The van der Waals surface area contributed by atoms with E-state index in [4.69, 9.17) is 14.2 Å². The number of anilines is 3. The molecule has 1 aromatic carbocycles. The first-order chi connectivity index (χ1) is 13.7. The second-order valence-electron chi connectivity index (χ2n) is 6.61. The average molecular weight is 387 g/mol. The highest BCUT2D eigenvalue weighted by molar-refractivity contribution is 5.61. The van der Waals surface area contributed by atoms with Crippen LogP contribution < -0.4 is 24.8 Å². The van der Waals surface area contributed by atoms with E-state index in [1.165, 1.54) is 25.9 Å². The third kappa shape index (κ3) is 5.39. The Morgan fingerprint density at radius 1 is 1.04 bits per heavy atom. The van der Waals surface area contributed by atoms with Crippen molar-refractivity contribution in [3.8, 4) is 17.4 Å². The molecule has 2 heterocycles. The van der Waals surface area contributed by atoms with Gasteiger partial charge in [0.15, 0.2) is 11.5 Å². The first-order valence-electron chi connectivity index (χ1n) is 9.63. The number of methoxy groups -OCH3 is 2. The molecule has 1 aliphatic heterocycles. The van der Waals surface area contributed by atoms with Gasteiger partial charge < -0.3 is 29.7 Å². The predicted octanol–water partition coefficient (Wildman–Crippen LogP) is 3.14. The summed E-state index contributed by atoms with van der Waals surface area (Å²) < 4.78 is 16.6. The number of nitrogens with one attached hydrogen (secondary N) is 2. The molecule has 0 atom stereocenters. The number of benzene rings is 1. The summed E-state index contributed by atoms with van der Waals surface area (Å²) in [4.78, 5) is 11.2. The highest BCUT2D eigenvalue weighted by Crippen LogP contribution is 2.31. The summed E-state index contributed by atoms with van der Waals surface area (Å²) in [5, 5.41) is 6.19. The minimum Gasteiger partial charge on any atom is -0.493 e. The van der Waals surface area contributed by atoms with Crippen LogP contribution in [0.3, 0.4) is 0 Å². The zero-order chi connectivity index (χ0) is 19.8. The maximum Gasteiger partial charge on any atom is 0.232 e. The maximum atomic E-state index is 5.99. The fourth-order valence-corrected chi connectivity index (χ4v) is 3.19. The normalized spacial score (nSPS) is 14.0. The minimum atomic E-state index is 0.439. The van der Waals surface area contributed by atoms with E-state index in [1.807, 2.05) is 18.2 Å². The van der Waals surface area contributed by atoms with Gasteiger partial charge in [0.05, 0.1) is 20.8 Å². The van der Waals surface area contributed by atoms with Gasteiger partial charge in [-0.15, -0.1) is 0 Å². The lowest BCUT2D eigenvalue weighted by Crippen LogP contribution is -2.21. The van der Waals surface area contributed by atoms with Crippen LogP contribution in [-0.2, 0) is 0 Å². The number of nitrogens with zero attached hydrogens (tertiary/aromatic N) is 3. The Morgan fingerprint density at radius 2 is 1.86 bits per heavy atom. The quantitative estimate of drug-likeness (QED) is 0.602. The van der Waals surface area contributed by atoms with Crippen molar-refractivity contribution in [1.29, 1.82) is 0 Å². The lowest BCUT2D eigenvalue weighted by Gasteiger charge is -2.16. The van der Waals surface area contributed by atoms with Gasteiger partial charge in [-0.2, -0.15) is 9.97 Å². The van der Waals surface area contributed by atoms with Gasteiger partial charge >= 0.3 is 0 Å². The van der Waals surface area contributed by atoms with Crippen molar-refractivity contribution in [2.75, 3.05) is 58.1 Å². The molecule has 2 N–H and O–H groups in total. The van der Waals surface area contributed by atoms with Crippen LogP contribution in [0, 0.1) is 0 Å². The molecule has 1 fully saturated rings. The molecule has 0 bridgehead atoms. The maximum absolute atomic E-state index is 5.99. The number of likely N-dealkylation sites (tertiary alicyclic amines) is 1. The van der Waals surface area contributed by atoms with Crippen LogP contribution in [0.4, 0.5) is 17.5 Å². The number of hydrogen-bond donors (Lipinski definition) is 2. The van der Waals surface area contributed by atoms with Crippen LogP contribution in [0.2, 0.25) is 0 Å². The zero-order valence-corrected chi connectivity index (χ0v) is 16.8. The Balaban J connectivity index is 1.64. The summed E-state index contributed by atoms with van der Waals surface area (Å²) in [6.45, 7) is 4.14. The molecule has 1 aromatic heterocycles. The molecule has 1 aliphatic rings. The lowest BCUT2D eigenvalue weighted by molar-refractivity contribution is 0.254. The Morgan fingerprint density at radius 3 is 2.57 bits per heavy atom. The molecule has 3 rings (SSSR count). The summed E-state index contributed by atoms with van der Waals surface area (Å²) in [5.74, 6) is 2.99. The van der Waals surface area contributed by atoms with Crippen molar-refractivity contribution >= 4 is 17.5 Å². The smallest absolute Gasteiger partial charge is 0.232 e. The van der Waals surface area contributed by atoms with Crippen LogP contribution in [-0.4, -0.2) is 62.4 Å². The second-order valence-corrected chi connectivity index (χ2v) is 6.61. The molecule has 0 saturated carbocycles. The summed E-state index contributed by atoms with van der Waals surface area (Å²) >= 11 is 0. The largest absolute Gasteiger partial charge is 0.493 e. The van der Waals surface area contributed by atoms with Gasteiger partial charge in [-0.05, 0) is 44.5 Å². The first kappa shape index (κ1) is 20.0. The predicted molar refractivity (Wildman–Crippen MR) is 110 cm³/mol. The van der Waals surface area contributed by atoms with Crippen molar-refractivity contribution in [3.63, 3.8) is 0 Å². The molecule has 1 saturated heterocycles. The van der Waals surface area contributed by atoms with E-state index in [2.05, 4.69) is 25.5 Å². The average Bonchev–Trinajstić information content (AvgIpc) is 3.24. The Kier molecular flexibility index (Phi) is 7.13. The van der Waals surface area contributed by atoms with Crippen molar-refractivity contribution in [2.45, 2.75) is 19.3 Å². The number of aromatic nitrogens is 2. The molecule has 28 heavy (non-hydrogen) atoms. The Labute approximate surface area is 166 Å². The van der Waals surface area contributed by atoms with E-state index >= 15 is 0 Å². The Hall–Kier alpha value is -2.74. The molecule has 0 radical (unpaired) electrons. The molecule has 2 aromatic rings. The minimum absolute atomic E-state index is 0.439. The molecule has 0 amide bonds. The van der Waals surface area contributed by atoms with Gasteiger partial charge in [-0.3, -0.25) is 0 Å². The van der Waals surface area contributed by atoms with E-state index in [0.717, 1.165) is 18.7 Å². The number of hydrogen-bond acceptors (Lipinski definition) is 8. The van der Waals surface area contributed by atoms with E-state index in [1.54, 1.807) is 27.3 Å². The molecule has 0 unspecified atom stereocenters. The SMILES string of the molecule is CNc1cc(OC)nc(Nc2ccc(OC)c(OCCCN3CCCC3)c2)n1. The third-order valence-electron chi connectivity index (χ3n) is 4.66. The van der Waals surface area contributed by atoms with Gasteiger partial charge in [0, 0.05) is 31.4 Å². The fourth-order valence-electron chi connectivity index (χ4n) is 3.19. The standard InChI is InChI=1S/C20H29N5O3/c1-21-18-14-19(27-3)24-20(23-18)22-15-7-8-16(26-2)17(13-15)28-12-6-11-25-9-4-5-10-25/h7-8,13-14H,4-6,9-12H2,1-3H3,(H2,21,22,23,24). The summed E-state index contributed by atoms with van der Waals surface area (Å²) in [6, 6.07) is 7.40. The van der Waals surface area contributed by atoms with Gasteiger partial charge in [-0.1, -0.05) is 0 Å². The molecular formula is C20H29N5O3. The fraction of sp³-hybridized carbons (Fsp3) is 0.500. The first-order valence-corrected chi connectivity index (χ1v) is 9.63. The van der Waals surface area contributed by atoms with Gasteiger partial charge in [0.1, 0.15) is 5.82 Å². The lowest BCUT2D eigenvalue weighted by atomic mass is 10.2. The molecule has 0 aliphatic carbocycles. The molecule has 8 heteroatoms. The van der Waals surface area contributed by atoms with Gasteiger partial charge in [0.25, 0.3) is 0 Å². The Bertz CT molecular complexity index is 743. The van der Waals surface area contributed by atoms with Crippen molar-refractivity contribution in [1.82, 2.24) is 14.9 Å². The van der Waals surface area contributed by atoms with Crippen molar-refractivity contribution in [2.24, 2.45) is 0 Å². The third-order valence-corrected chi connectivity index (χ3v) is 4.66. The van der Waals surface area contributed by atoms with E-state index in [0.29, 0.717) is 35.8 Å². The number of ether oxygens (including phenoxy) is 3. The highest BCUT2D eigenvalue weighted by Gasteiger charge is 2.12. The van der Waals surface area contributed by atoms with Crippen LogP contribution in [0.1, 0.15) is 19.3 Å². The topological polar surface area (TPSA) is 80.8 Å². The number of rotatable bonds is 10. The van der Waals surface area contributed by atoms with Crippen molar-refractivity contribution in [3.05, 3.63) is 24.3 Å². The van der Waals surface area contributed by atoms with Crippen LogP contribution in [0.5, 0.6) is 17.4 Å². The summed E-state index contributed by atoms with van der Waals surface area (Å²) in [5.41, 5.74) is 0.811. The summed E-state index contributed by atoms with van der Waals surface area (Å²) in [6.07, 6.45) is 3.61. The molecule has 0 spiro atoms. The highest BCUT2D eigenvalue weighted by atomic mass is 16.5. The van der Waals surface area contributed by atoms with E-state index < -0.39 is 0 Å². The van der Waals surface area contributed by atoms with Crippen LogP contribution in [0.25, 0.3) is 0 Å². The van der Waals surface area contributed by atoms with Crippen LogP contribution >= 0.6 is 0 Å². The molecular weight excluding hydrogens is 358 g/mol.